The van der Waals surface area contributed by atoms with Crippen LogP contribution in [-0.2, 0) is 11.3 Å². The van der Waals surface area contributed by atoms with Crippen molar-refractivity contribution in [2.75, 3.05) is 37.7 Å². The molecular weight excluding hydrogens is 482 g/mol. The SMILES string of the molecule is CCN(CC)CC(O)COC(CN(c1ccccc1)c1ccccc1)Cn1c2ccccc2c2ccccc21. The number of aromatic nitrogens is 1. The normalized spacial score (nSPS) is 13.2. The van der Waals surface area contributed by atoms with Crippen molar-refractivity contribution in [1.82, 2.24) is 9.47 Å². The molecular formula is C34H39N3O2. The third kappa shape index (κ3) is 6.34. The van der Waals surface area contributed by atoms with Gasteiger partial charge in [-0.1, -0.05) is 86.6 Å². The molecule has 0 amide bonds. The first-order chi connectivity index (χ1) is 19.2. The first-order valence-electron chi connectivity index (χ1n) is 14.0. The number of ether oxygens (including phenoxy) is 1. The highest BCUT2D eigenvalue weighted by Gasteiger charge is 2.22. The number of hydrogen-bond donors (Lipinski definition) is 1. The Morgan fingerprint density at radius 1 is 0.667 bits per heavy atom. The second kappa shape index (κ2) is 12.9. The molecule has 0 spiro atoms. The summed E-state index contributed by atoms with van der Waals surface area (Å²) in [5, 5.41) is 13.4. The van der Waals surface area contributed by atoms with Gasteiger partial charge in [0.2, 0.25) is 0 Å². The zero-order valence-electron chi connectivity index (χ0n) is 23.0. The van der Waals surface area contributed by atoms with Crippen LogP contribution in [0.25, 0.3) is 21.8 Å². The molecule has 39 heavy (non-hydrogen) atoms. The number of aliphatic hydroxyl groups is 1. The fraction of sp³-hybridized carbons (Fsp3) is 0.294. The number of anilines is 2. The van der Waals surface area contributed by atoms with E-state index in [4.69, 9.17) is 4.74 Å². The van der Waals surface area contributed by atoms with E-state index in [2.05, 4.69) is 125 Å². The number of fused-ring (bicyclic) bond motifs is 3. The van der Waals surface area contributed by atoms with E-state index in [0.717, 1.165) is 24.5 Å². The quantitative estimate of drug-likeness (QED) is 0.187. The van der Waals surface area contributed by atoms with Crippen LogP contribution >= 0.6 is 0 Å². The molecule has 202 valence electrons. The summed E-state index contributed by atoms with van der Waals surface area (Å²) in [5.74, 6) is 0. The van der Waals surface area contributed by atoms with Crippen molar-refractivity contribution in [2.45, 2.75) is 32.6 Å². The molecule has 0 fully saturated rings. The lowest BCUT2D eigenvalue weighted by molar-refractivity contribution is -0.0217. The first-order valence-corrected chi connectivity index (χ1v) is 14.0. The fourth-order valence-corrected chi connectivity index (χ4v) is 5.43. The predicted octanol–water partition coefficient (Wildman–Crippen LogP) is 6.72. The minimum Gasteiger partial charge on any atom is -0.389 e. The molecule has 5 aromatic rings. The van der Waals surface area contributed by atoms with Gasteiger partial charge >= 0.3 is 0 Å². The van der Waals surface area contributed by atoms with Gasteiger partial charge in [-0.2, -0.15) is 0 Å². The molecule has 5 rings (SSSR count). The van der Waals surface area contributed by atoms with Gasteiger partial charge in [0.05, 0.1) is 31.9 Å². The number of rotatable bonds is 13. The van der Waals surface area contributed by atoms with Gasteiger partial charge in [-0.3, -0.25) is 0 Å². The number of aliphatic hydroxyl groups excluding tert-OH is 1. The molecule has 0 saturated heterocycles. The summed E-state index contributed by atoms with van der Waals surface area (Å²) in [6, 6.07) is 38.1. The van der Waals surface area contributed by atoms with Crippen molar-refractivity contribution in [3.05, 3.63) is 109 Å². The number of likely N-dealkylation sites (N-methyl/N-ethyl adjacent to an activating group) is 1. The first kappa shape index (κ1) is 26.9. The van der Waals surface area contributed by atoms with Crippen LogP contribution in [0.3, 0.4) is 0 Å². The summed E-state index contributed by atoms with van der Waals surface area (Å²) in [6.45, 7) is 8.28. The van der Waals surface area contributed by atoms with Crippen LogP contribution in [0.15, 0.2) is 109 Å². The Bertz CT molecular complexity index is 1350. The molecule has 0 saturated carbocycles. The molecule has 0 bridgehead atoms. The summed E-state index contributed by atoms with van der Waals surface area (Å²) in [4.78, 5) is 4.55. The molecule has 1 heterocycles. The van der Waals surface area contributed by atoms with Gasteiger partial charge in [-0.25, -0.2) is 0 Å². The van der Waals surface area contributed by atoms with Gasteiger partial charge in [0.1, 0.15) is 0 Å². The molecule has 4 aromatic carbocycles. The Labute approximate surface area is 231 Å². The van der Waals surface area contributed by atoms with Crippen molar-refractivity contribution in [1.29, 1.82) is 0 Å². The van der Waals surface area contributed by atoms with E-state index in [9.17, 15) is 5.11 Å². The predicted molar refractivity (Wildman–Crippen MR) is 163 cm³/mol. The average molecular weight is 522 g/mol. The van der Waals surface area contributed by atoms with E-state index in [1.165, 1.54) is 21.8 Å². The Morgan fingerprint density at radius 2 is 1.15 bits per heavy atom. The summed E-state index contributed by atoms with van der Waals surface area (Å²) < 4.78 is 8.97. The largest absolute Gasteiger partial charge is 0.389 e. The highest BCUT2D eigenvalue weighted by atomic mass is 16.5. The maximum Gasteiger partial charge on any atom is 0.0934 e. The third-order valence-electron chi connectivity index (χ3n) is 7.48. The van der Waals surface area contributed by atoms with Gasteiger partial charge in [-0.15, -0.1) is 0 Å². The van der Waals surface area contributed by atoms with E-state index >= 15 is 0 Å². The molecule has 0 radical (unpaired) electrons. The smallest absolute Gasteiger partial charge is 0.0934 e. The molecule has 0 aliphatic heterocycles. The van der Waals surface area contributed by atoms with Crippen LogP contribution in [0.1, 0.15) is 13.8 Å². The van der Waals surface area contributed by atoms with E-state index in [1.54, 1.807) is 0 Å². The minimum atomic E-state index is -0.549. The Hall–Kier alpha value is -3.64. The molecule has 5 nitrogen and oxygen atoms in total. The lowest BCUT2D eigenvalue weighted by Gasteiger charge is -2.31. The van der Waals surface area contributed by atoms with Gasteiger partial charge in [0.15, 0.2) is 0 Å². The lowest BCUT2D eigenvalue weighted by atomic mass is 10.2. The number of nitrogens with zero attached hydrogens (tertiary/aromatic N) is 3. The number of benzene rings is 4. The summed E-state index contributed by atoms with van der Waals surface area (Å²) in [7, 11) is 0. The Morgan fingerprint density at radius 3 is 1.67 bits per heavy atom. The fourth-order valence-electron chi connectivity index (χ4n) is 5.43. The second-order valence-electron chi connectivity index (χ2n) is 10.0. The molecule has 0 aliphatic rings. The Kier molecular flexibility index (Phi) is 8.94. The molecule has 1 aromatic heterocycles. The summed E-state index contributed by atoms with van der Waals surface area (Å²) in [5.41, 5.74) is 4.62. The zero-order chi connectivity index (χ0) is 27.0. The molecule has 1 N–H and O–H groups in total. The van der Waals surface area contributed by atoms with Gasteiger partial charge in [0.25, 0.3) is 0 Å². The standard InChI is InChI=1S/C34H39N3O2/c1-3-35(4-2)23-29(38)26-39-30(24-36(27-15-7-5-8-16-27)28-17-9-6-10-18-28)25-37-33-21-13-11-19-31(33)32-20-12-14-22-34(32)37/h5-22,29-30,38H,3-4,23-26H2,1-2H3. The van der Waals surface area contributed by atoms with Crippen LogP contribution < -0.4 is 4.90 Å². The molecule has 5 heteroatoms. The van der Waals surface area contributed by atoms with E-state index < -0.39 is 6.10 Å². The van der Waals surface area contributed by atoms with Crippen molar-refractivity contribution >= 4 is 33.2 Å². The molecule has 2 atom stereocenters. The zero-order valence-corrected chi connectivity index (χ0v) is 23.0. The van der Waals surface area contributed by atoms with E-state index in [-0.39, 0.29) is 12.7 Å². The van der Waals surface area contributed by atoms with Crippen LogP contribution in [0.4, 0.5) is 11.4 Å². The molecule has 0 aliphatic carbocycles. The highest BCUT2D eigenvalue weighted by Crippen LogP contribution is 2.30. The number of para-hydroxylation sites is 4. The Balaban J connectivity index is 1.49. The minimum absolute atomic E-state index is 0.170. The second-order valence-corrected chi connectivity index (χ2v) is 10.0. The van der Waals surface area contributed by atoms with Crippen molar-refractivity contribution in [3.8, 4) is 0 Å². The van der Waals surface area contributed by atoms with Gasteiger partial charge < -0.3 is 24.2 Å². The van der Waals surface area contributed by atoms with Crippen molar-refractivity contribution in [2.24, 2.45) is 0 Å². The average Bonchev–Trinajstić information content (AvgIpc) is 3.31. The maximum atomic E-state index is 10.9. The van der Waals surface area contributed by atoms with Crippen molar-refractivity contribution < 1.29 is 9.84 Å². The monoisotopic (exact) mass is 521 g/mol. The van der Waals surface area contributed by atoms with Gasteiger partial charge in [0, 0.05) is 39.7 Å². The third-order valence-corrected chi connectivity index (χ3v) is 7.48. The summed E-state index contributed by atoms with van der Waals surface area (Å²) >= 11 is 0. The number of hydrogen-bond acceptors (Lipinski definition) is 4. The van der Waals surface area contributed by atoms with Crippen LogP contribution in [-0.4, -0.2) is 59.6 Å². The highest BCUT2D eigenvalue weighted by molar-refractivity contribution is 6.07. The summed E-state index contributed by atoms with van der Waals surface area (Å²) in [6.07, 6.45) is -0.719. The van der Waals surface area contributed by atoms with Crippen LogP contribution in [0, 0.1) is 0 Å². The van der Waals surface area contributed by atoms with E-state index in [1.807, 2.05) is 12.1 Å². The lowest BCUT2D eigenvalue weighted by Crippen LogP contribution is -2.39. The van der Waals surface area contributed by atoms with Crippen LogP contribution in [0.2, 0.25) is 0 Å². The van der Waals surface area contributed by atoms with Crippen LogP contribution in [0.5, 0.6) is 0 Å². The van der Waals surface area contributed by atoms with E-state index in [0.29, 0.717) is 19.6 Å². The maximum absolute atomic E-state index is 10.9. The van der Waals surface area contributed by atoms with Crippen molar-refractivity contribution in [3.63, 3.8) is 0 Å². The molecule has 2 unspecified atom stereocenters. The van der Waals surface area contributed by atoms with Gasteiger partial charge in [-0.05, 0) is 49.5 Å². The topological polar surface area (TPSA) is 40.9 Å².